The highest BCUT2D eigenvalue weighted by Gasteiger charge is 2.13. The number of amides is 1. The molecule has 0 saturated heterocycles. The molecule has 1 amide bonds. The fourth-order valence-electron chi connectivity index (χ4n) is 1.41. The number of ether oxygens (including phenoxy) is 2. The maximum atomic E-state index is 11.6. The van der Waals surface area contributed by atoms with Crippen molar-refractivity contribution < 1.29 is 19.1 Å². The molecule has 5 nitrogen and oxygen atoms in total. The average molecular weight is 316 g/mol. The van der Waals surface area contributed by atoms with Crippen molar-refractivity contribution in [3.05, 3.63) is 18.2 Å². The largest absolute Gasteiger partial charge is 0.493 e. The van der Waals surface area contributed by atoms with Gasteiger partial charge in [0.15, 0.2) is 17.3 Å². The second-order valence-electron chi connectivity index (χ2n) is 3.44. The Morgan fingerprint density at radius 1 is 1.28 bits per heavy atom. The van der Waals surface area contributed by atoms with Crippen molar-refractivity contribution in [1.29, 1.82) is 0 Å². The highest BCUT2D eigenvalue weighted by Crippen LogP contribution is 2.34. The first-order valence-corrected chi connectivity index (χ1v) is 6.33. The Bertz CT molecular complexity index is 448. The molecule has 0 spiro atoms. The third-order valence-electron chi connectivity index (χ3n) is 2.18. The van der Waals surface area contributed by atoms with Gasteiger partial charge in [0.05, 0.1) is 31.7 Å². The quantitative estimate of drug-likeness (QED) is 0.644. The Labute approximate surface area is 114 Å². The van der Waals surface area contributed by atoms with Crippen LogP contribution in [0.5, 0.6) is 11.5 Å². The summed E-state index contributed by atoms with van der Waals surface area (Å²) >= 11 is 3.01. The molecule has 1 N–H and O–H groups in total. The molecular weight excluding hydrogens is 302 g/mol. The summed E-state index contributed by atoms with van der Waals surface area (Å²) in [7, 11) is 3.00. The highest BCUT2D eigenvalue weighted by atomic mass is 79.9. The van der Waals surface area contributed by atoms with E-state index in [9.17, 15) is 9.59 Å². The van der Waals surface area contributed by atoms with Crippen molar-refractivity contribution in [2.24, 2.45) is 0 Å². The molecule has 0 bridgehead atoms. The number of carbonyl (C=O) groups excluding carboxylic acids is 2. The predicted octanol–water partition coefficient (Wildman–Crippen LogP) is 2.00. The van der Waals surface area contributed by atoms with Crippen LogP contribution in [-0.4, -0.2) is 31.2 Å². The maximum Gasteiger partial charge on any atom is 0.231 e. The van der Waals surface area contributed by atoms with E-state index in [0.717, 1.165) is 0 Å². The number of carbonyl (C=O) groups is 2. The molecule has 0 atom stereocenters. The molecule has 98 valence electrons. The summed E-state index contributed by atoms with van der Waals surface area (Å²) in [6.45, 7) is 0. The normalized spacial score (nSPS) is 9.72. The van der Waals surface area contributed by atoms with E-state index in [2.05, 4.69) is 21.2 Å². The number of ketones is 1. The molecule has 1 aromatic carbocycles. The lowest BCUT2D eigenvalue weighted by molar-refractivity contribution is -0.123. The monoisotopic (exact) mass is 315 g/mol. The van der Waals surface area contributed by atoms with Gasteiger partial charge in [-0.1, -0.05) is 22.0 Å². The van der Waals surface area contributed by atoms with Crippen LogP contribution in [0.25, 0.3) is 0 Å². The summed E-state index contributed by atoms with van der Waals surface area (Å²) in [4.78, 5) is 22.7. The molecule has 0 heterocycles. The lowest BCUT2D eigenvalue weighted by Crippen LogP contribution is -2.17. The van der Waals surface area contributed by atoms with Crippen LogP contribution in [0.3, 0.4) is 0 Å². The van der Waals surface area contributed by atoms with Crippen LogP contribution >= 0.6 is 15.9 Å². The van der Waals surface area contributed by atoms with Gasteiger partial charge in [-0.25, -0.2) is 0 Å². The van der Waals surface area contributed by atoms with E-state index < -0.39 is 0 Å². The molecule has 6 heteroatoms. The smallest absolute Gasteiger partial charge is 0.231 e. The van der Waals surface area contributed by atoms with E-state index in [1.165, 1.54) is 14.2 Å². The molecule has 0 aliphatic rings. The minimum absolute atomic E-state index is 0.162. The minimum Gasteiger partial charge on any atom is -0.493 e. The Balaban J connectivity index is 2.84. The van der Waals surface area contributed by atoms with Gasteiger partial charge in [-0.05, 0) is 12.1 Å². The van der Waals surface area contributed by atoms with E-state index in [4.69, 9.17) is 9.47 Å². The number of anilines is 1. The number of rotatable bonds is 6. The zero-order chi connectivity index (χ0) is 13.5. The van der Waals surface area contributed by atoms with Crippen molar-refractivity contribution in [3.63, 3.8) is 0 Å². The van der Waals surface area contributed by atoms with Gasteiger partial charge in [-0.15, -0.1) is 0 Å². The van der Waals surface area contributed by atoms with E-state index in [-0.39, 0.29) is 23.4 Å². The number of hydrogen-bond donors (Lipinski definition) is 1. The highest BCUT2D eigenvalue weighted by molar-refractivity contribution is 9.09. The summed E-state index contributed by atoms with van der Waals surface area (Å²) in [5.74, 6) is 0.377. The molecule has 1 aromatic rings. The number of halogens is 1. The first-order valence-electron chi connectivity index (χ1n) is 5.20. The van der Waals surface area contributed by atoms with Crippen molar-refractivity contribution in [3.8, 4) is 11.5 Å². The summed E-state index contributed by atoms with van der Waals surface area (Å²) in [6, 6.07) is 5.12. The molecule has 0 aliphatic heterocycles. The Morgan fingerprint density at radius 3 is 2.56 bits per heavy atom. The van der Waals surface area contributed by atoms with Crippen LogP contribution in [0.15, 0.2) is 18.2 Å². The van der Waals surface area contributed by atoms with E-state index in [0.29, 0.717) is 17.2 Å². The Kier molecular flexibility index (Phi) is 5.64. The number of Topliss-reactive ketones (excluding diaryl/α,β-unsaturated/α-hetero) is 1. The van der Waals surface area contributed by atoms with Crippen LogP contribution in [0.4, 0.5) is 5.69 Å². The van der Waals surface area contributed by atoms with Crippen LogP contribution in [0.2, 0.25) is 0 Å². The van der Waals surface area contributed by atoms with E-state index in [1.807, 2.05) is 0 Å². The molecule has 0 unspecified atom stereocenters. The van der Waals surface area contributed by atoms with E-state index in [1.54, 1.807) is 18.2 Å². The number of benzene rings is 1. The van der Waals surface area contributed by atoms with Gasteiger partial charge in [-0.2, -0.15) is 0 Å². The summed E-state index contributed by atoms with van der Waals surface area (Å²) < 4.78 is 10.3. The Morgan fingerprint density at radius 2 is 2.00 bits per heavy atom. The SMILES string of the molecule is COc1cccc(NC(=O)CC(=O)CBr)c1OC. The molecule has 0 radical (unpaired) electrons. The third-order valence-corrected chi connectivity index (χ3v) is 2.81. The fourth-order valence-corrected chi connectivity index (χ4v) is 1.60. The number of alkyl halides is 1. The van der Waals surface area contributed by atoms with Crippen LogP contribution in [0, 0.1) is 0 Å². The maximum absolute atomic E-state index is 11.6. The molecule has 0 aromatic heterocycles. The number of para-hydroxylation sites is 1. The lowest BCUT2D eigenvalue weighted by Gasteiger charge is -2.12. The minimum atomic E-state index is -0.383. The molecule has 18 heavy (non-hydrogen) atoms. The second kappa shape index (κ2) is 7.00. The molecule has 0 aliphatic carbocycles. The van der Waals surface area contributed by atoms with Crippen LogP contribution < -0.4 is 14.8 Å². The van der Waals surface area contributed by atoms with Gasteiger partial charge >= 0.3 is 0 Å². The van der Waals surface area contributed by atoms with Gasteiger partial charge in [0.25, 0.3) is 0 Å². The molecule has 0 fully saturated rings. The Hall–Kier alpha value is -1.56. The first kappa shape index (κ1) is 14.5. The number of methoxy groups -OCH3 is 2. The van der Waals surface area contributed by atoms with Crippen molar-refractivity contribution in [2.45, 2.75) is 6.42 Å². The molecular formula is C12H14BrNO4. The first-order chi connectivity index (χ1) is 8.62. The van der Waals surface area contributed by atoms with Gasteiger partial charge < -0.3 is 14.8 Å². The van der Waals surface area contributed by atoms with E-state index >= 15 is 0 Å². The zero-order valence-electron chi connectivity index (χ0n) is 10.2. The van der Waals surface area contributed by atoms with Gasteiger partial charge in [0.1, 0.15) is 0 Å². The average Bonchev–Trinajstić information content (AvgIpc) is 2.37. The third kappa shape index (κ3) is 3.73. The fraction of sp³-hybridized carbons (Fsp3) is 0.333. The van der Waals surface area contributed by atoms with Crippen LogP contribution in [0.1, 0.15) is 6.42 Å². The summed E-state index contributed by atoms with van der Waals surface area (Å²) in [5.41, 5.74) is 0.476. The standard InChI is InChI=1S/C12H14BrNO4/c1-17-10-5-3-4-9(12(10)18-2)14-11(16)6-8(15)7-13/h3-5H,6-7H2,1-2H3,(H,14,16). The zero-order valence-corrected chi connectivity index (χ0v) is 11.7. The predicted molar refractivity (Wildman–Crippen MR) is 71.6 cm³/mol. The molecule has 0 saturated carbocycles. The van der Waals surface area contributed by atoms with Gasteiger partial charge in [-0.3, -0.25) is 9.59 Å². The summed E-state index contributed by atoms with van der Waals surface area (Å²) in [5, 5.41) is 2.78. The van der Waals surface area contributed by atoms with Crippen molar-refractivity contribution >= 4 is 33.3 Å². The lowest BCUT2D eigenvalue weighted by atomic mass is 10.2. The summed E-state index contributed by atoms with van der Waals surface area (Å²) in [6.07, 6.45) is -0.175. The molecule has 1 rings (SSSR count). The number of nitrogens with one attached hydrogen (secondary N) is 1. The second-order valence-corrected chi connectivity index (χ2v) is 4.00. The van der Waals surface area contributed by atoms with Gasteiger partial charge in [0.2, 0.25) is 5.91 Å². The van der Waals surface area contributed by atoms with Crippen molar-refractivity contribution in [1.82, 2.24) is 0 Å². The topological polar surface area (TPSA) is 64.6 Å². The van der Waals surface area contributed by atoms with Gasteiger partial charge in [0, 0.05) is 0 Å². The van der Waals surface area contributed by atoms with Crippen LogP contribution in [-0.2, 0) is 9.59 Å². The number of hydrogen-bond acceptors (Lipinski definition) is 4. The van der Waals surface area contributed by atoms with Crippen molar-refractivity contribution in [2.75, 3.05) is 24.9 Å².